The first-order valence-corrected chi connectivity index (χ1v) is 9.80. The minimum Gasteiger partial charge on any atom is -0.439 e. The van der Waals surface area contributed by atoms with E-state index in [0.717, 1.165) is 23.4 Å². The second kappa shape index (κ2) is 8.82. The lowest BCUT2D eigenvalue weighted by molar-refractivity contribution is -0.137. The third-order valence-electron chi connectivity index (χ3n) is 3.98. The molecular weight excluding hydrogens is 404 g/mol. The van der Waals surface area contributed by atoms with Gasteiger partial charge in [0.25, 0.3) is 0 Å². The van der Waals surface area contributed by atoms with Crippen molar-refractivity contribution in [1.82, 2.24) is 9.97 Å². The van der Waals surface area contributed by atoms with Gasteiger partial charge in [0.05, 0.1) is 11.3 Å². The highest BCUT2D eigenvalue weighted by Gasteiger charge is 2.29. The van der Waals surface area contributed by atoms with Gasteiger partial charge in [-0.15, -0.1) is 0 Å². The predicted molar refractivity (Wildman–Crippen MR) is 104 cm³/mol. The molecule has 0 atom stereocenters. The Morgan fingerprint density at radius 2 is 1.62 bits per heavy atom. The number of halogens is 4. The first-order chi connectivity index (χ1) is 13.7. The summed E-state index contributed by atoms with van der Waals surface area (Å²) in [5.41, 5.74) is 0.814. The fourth-order valence-electron chi connectivity index (χ4n) is 2.39. The average molecular weight is 422 g/mol. The highest BCUT2D eigenvalue weighted by Crippen LogP contribution is 2.31. The van der Waals surface area contributed by atoms with Crippen LogP contribution in [0.15, 0.2) is 59.8 Å². The summed E-state index contributed by atoms with van der Waals surface area (Å²) in [5, 5.41) is 0.452. The third kappa shape index (κ3) is 5.93. The number of aromatic nitrogens is 2. The fraction of sp³-hybridized carbons (Fsp3) is 0.238. The van der Waals surface area contributed by atoms with Crippen LogP contribution >= 0.6 is 11.8 Å². The summed E-state index contributed by atoms with van der Waals surface area (Å²) >= 11 is 1.30. The van der Waals surface area contributed by atoms with E-state index >= 15 is 0 Å². The molecule has 0 saturated heterocycles. The van der Waals surface area contributed by atoms with Gasteiger partial charge in [-0.2, -0.15) is 18.2 Å². The van der Waals surface area contributed by atoms with E-state index < -0.39 is 11.7 Å². The normalized spacial score (nSPS) is 11.7. The summed E-state index contributed by atoms with van der Waals surface area (Å²) in [7, 11) is 0. The molecule has 3 nitrogen and oxygen atoms in total. The predicted octanol–water partition coefficient (Wildman–Crippen LogP) is 6.84. The molecule has 3 aromatic rings. The van der Waals surface area contributed by atoms with Crippen LogP contribution in [-0.2, 0) is 11.9 Å². The number of hydrogen-bond acceptors (Lipinski definition) is 4. The van der Waals surface area contributed by atoms with E-state index in [1.807, 2.05) is 13.8 Å². The number of benzene rings is 2. The molecule has 1 heterocycles. The number of rotatable bonds is 6. The first kappa shape index (κ1) is 21.1. The van der Waals surface area contributed by atoms with E-state index in [2.05, 4.69) is 9.97 Å². The van der Waals surface area contributed by atoms with Gasteiger partial charge in [0.2, 0.25) is 5.88 Å². The molecular formula is C21H18F4N2OS. The molecule has 0 aliphatic carbocycles. The third-order valence-corrected chi connectivity index (χ3v) is 4.90. The van der Waals surface area contributed by atoms with E-state index in [1.54, 1.807) is 6.07 Å². The second-order valence-corrected chi connectivity index (χ2v) is 7.55. The molecule has 29 heavy (non-hydrogen) atoms. The standard InChI is InChI=1S/C21H18F4N2OS/c1-13(2)18-11-19(28-17-9-7-16(22)8-10-17)27-20(26-18)29-12-14-3-5-15(6-4-14)21(23,24)25/h3-11,13H,12H2,1-2H3. The summed E-state index contributed by atoms with van der Waals surface area (Å²) in [6, 6.07) is 12.3. The van der Waals surface area contributed by atoms with Crippen LogP contribution in [0.2, 0.25) is 0 Å². The minimum absolute atomic E-state index is 0.124. The topological polar surface area (TPSA) is 35.0 Å². The molecule has 0 unspecified atom stereocenters. The Morgan fingerprint density at radius 1 is 0.966 bits per heavy atom. The molecule has 0 fully saturated rings. The number of hydrogen-bond donors (Lipinski definition) is 0. The Balaban J connectivity index is 1.75. The molecule has 0 amide bonds. The maximum Gasteiger partial charge on any atom is 0.416 e. The van der Waals surface area contributed by atoms with Gasteiger partial charge in [0.15, 0.2) is 5.16 Å². The SMILES string of the molecule is CC(C)c1cc(Oc2ccc(F)cc2)nc(SCc2ccc(C(F)(F)F)cc2)n1. The van der Waals surface area contributed by atoms with Crippen LogP contribution < -0.4 is 4.74 Å². The van der Waals surface area contributed by atoms with Gasteiger partial charge in [-0.25, -0.2) is 9.37 Å². The van der Waals surface area contributed by atoms with Gasteiger partial charge < -0.3 is 4.74 Å². The Bertz CT molecular complexity index is 958. The van der Waals surface area contributed by atoms with Crippen molar-refractivity contribution < 1.29 is 22.3 Å². The Hall–Kier alpha value is -2.61. The van der Waals surface area contributed by atoms with Crippen molar-refractivity contribution in [3.05, 3.63) is 77.2 Å². The van der Waals surface area contributed by atoms with Gasteiger partial charge >= 0.3 is 6.18 Å². The van der Waals surface area contributed by atoms with Crippen molar-refractivity contribution in [3.63, 3.8) is 0 Å². The van der Waals surface area contributed by atoms with Gasteiger partial charge in [-0.05, 0) is 47.9 Å². The largest absolute Gasteiger partial charge is 0.439 e. The van der Waals surface area contributed by atoms with E-state index in [9.17, 15) is 17.6 Å². The monoisotopic (exact) mass is 422 g/mol. The van der Waals surface area contributed by atoms with Crippen LogP contribution in [0.5, 0.6) is 11.6 Å². The van der Waals surface area contributed by atoms with Crippen LogP contribution in [0, 0.1) is 5.82 Å². The van der Waals surface area contributed by atoms with Crippen molar-refractivity contribution in [2.24, 2.45) is 0 Å². The molecule has 0 aliphatic heterocycles. The first-order valence-electron chi connectivity index (χ1n) is 8.82. The maximum atomic E-state index is 13.1. The number of nitrogens with zero attached hydrogens (tertiary/aromatic N) is 2. The zero-order valence-corrected chi connectivity index (χ0v) is 16.5. The van der Waals surface area contributed by atoms with Gasteiger partial charge in [0, 0.05) is 11.8 Å². The van der Waals surface area contributed by atoms with Gasteiger partial charge in [-0.3, -0.25) is 0 Å². The smallest absolute Gasteiger partial charge is 0.416 e. The van der Waals surface area contributed by atoms with Crippen LogP contribution in [-0.4, -0.2) is 9.97 Å². The molecule has 0 bridgehead atoms. The zero-order chi connectivity index (χ0) is 21.0. The molecule has 0 radical (unpaired) electrons. The maximum absolute atomic E-state index is 13.1. The lowest BCUT2D eigenvalue weighted by atomic mass is 10.1. The van der Waals surface area contributed by atoms with Crippen LogP contribution in [0.25, 0.3) is 0 Å². The molecule has 2 aromatic carbocycles. The fourth-order valence-corrected chi connectivity index (χ4v) is 3.21. The minimum atomic E-state index is -4.35. The summed E-state index contributed by atoms with van der Waals surface area (Å²) in [6.45, 7) is 3.96. The van der Waals surface area contributed by atoms with E-state index in [-0.39, 0.29) is 11.7 Å². The summed E-state index contributed by atoms with van der Waals surface area (Å²) in [4.78, 5) is 8.85. The number of thioether (sulfide) groups is 1. The average Bonchev–Trinajstić information content (AvgIpc) is 2.67. The number of alkyl halides is 3. The molecule has 8 heteroatoms. The van der Waals surface area contributed by atoms with Crippen molar-refractivity contribution in [2.45, 2.75) is 36.9 Å². The van der Waals surface area contributed by atoms with Crippen LogP contribution in [0.4, 0.5) is 17.6 Å². The quantitative estimate of drug-likeness (QED) is 0.247. The van der Waals surface area contributed by atoms with E-state index in [1.165, 1.54) is 48.2 Å². The van der Waals surface area contributed by atoms with Crippen molar-refractivity contribution in [2.75, 3.05) is 0 Å². The Morgan fingerprint density at radius 3 is 2.21 bits per heavy atom. The lowest BCUT2D eigenvalue weighted by Gasteiger charge is -2.11. The highest BCUT2D eigenvalue weighted by atomic mass is 32.2. The second-order valence-electron chi connectivity index (χ2n) is 6.61. The molecule has 1 aromatic heterocycles. The van der Waals surface area contributed by atoms with Crippen LogP contribution in [0.3, 0.4) is 0 Å². The Kier molecular flexibility index (Phi) is 6.42. The van der Waals surface area contributed by atoms with Gasteiger partial charge in [0.1, 0.15) is 11.6 Å². The summed E-state index contributed by atoms with van der Waals surface area (Å²) < 4.78 is 56.8. The molecule has 0 saturated carbocycles. The highest BCUT2D eigenvalue weighted by molar-refractivity contribution is 7.98. The number of ether oxygens (including phenoxy) is 1. The molecule has 0 aliphatic rings. The molecule has 0 N–H and O–H groups in total. The Labute approximate surface area is 170 Å². The lowest BCUT2D eigenvalue weighted by Crippen LogP contribution is -2.04. The molecule has 152 valence electrons. The summed E-state index contributed by atoms with van der Waals surface area (Å²) in [5.74, 6) is 0.939. The van der Waals surface area contributed by atoms with Crippen molar-refractivity contribution in [1.29, 1.82) is 0 Å². The molecule has 0 spiro atoms. The zero-order valence-electron chi connectivity index (χ0n) is 15.7. The van der Waals surface area contributed by atoms with Crippen LogP contribution in [0.1, 0.15) is 36.6 Å². The van der Waals surface area contributed by atoms with E-state index in [0.29, 0.717) is 22.5 Å². The van der Waals surface area contributed by atoms with Crippen molar-refractivity contribution >= 4 is 11.8 Å². The summed E-state index contributed by atoms with van der Waals surface area (Å²) in [6.07, 6.45) is -4.35. The van der Waals surface area contributed by atoms with Crippen molar-refractivity contribution in [3.8, 4) is 11.6 Å². The molecule has 3 rings (SSSR count). The van der Waals surface area contributed by atoms with Gasteiger partial charge in [-0.1, -0.05) is 37.7 Å². The van der Waals surface area contributed by atoms with E-state index in [4.69, 9.17) is 4.74 Å².